The van der Waals surface area contributed by atoms with Gasteiger partial charge in [-0.1, -0.05) is 88.7 Å². The maximum atomic E-state index is 5.03. The number of benzene rings is 3. The summed E-state index contributed by atoms with van der Waals surface area (Å²) in [4.78, 5) is 9.99. The molecule has 2 nitrogen and oxygen atoms in total. The molecule has 3 aromatic carbocycles. The molecular formula is C32H27BrN2. The van der Waals surface area contributed by atoms with Crippen LogP contribution in [0.2, 0.25) is 0 Å². The minimum Gasteiger partial charge on any atom is -0.228 e. The van der Waals surface area contributed by atoms with Crippen LogP contribution in [0.5, 0.6) is 0 Å². The lowest BCUT2D eigenvalue weighted by atomic mass is 9.38. The molecule has 4 aromatic rings. The Labute approximate surface area is 215 Å². The molecule has 3 heteroatoms. The number of aromatic nitrogens is 2. The van der Waals surface area contributed by atoms with Crippen LogP contribution in [-0.2, 0) is 5.41 Å². The van der Waals surface area contributed by atoms with Crippen LogP contribution in [0, 0.1) is 23.2 Å². The fourth-order valence-corrected chi connectivity index (χ4v) is 9.02. The molecule has 0 N–H and O–H groups in total. The minimum atomic E-state index is 0.444. The molecule has 1 heterocycles. The SMILES string of the molecule is Brc1ccccc1-c1cc(-c2ccc(C34CC5CC6CC(C3)C65C4)cc2)nc(-c2ccccc2)n1. The van der Waals surface area contributed by atoms with E-state index in [0.29, 0.717) is 5.41 Å². The van der Waals surface area contributed by atoms with Gasteiger partial charge in [0, 0.05) is 21.2 Å². The maximum Gasteiger partial charge on any atom is 0.160 e. The molecule has 4 aliphatic rings. The van der Waals surface area contributed by atoms with Crippen LogP contribution in [0.1, 0.15) is 37.7 Å². The average molecular weight is 519 g/mol. The van der Waals surface area contributed by atoms with Crippen molar-refractivity contribution < 1.29 is 0 Å². The fourth-order valence-electron chi connectivity index (χ4n) is 8.53. The van der Waals surface area contributed by atoms with Gasteiger partial charge < -0.3 is 0 Å². The Balaban J connectivity index is 1.20. The highest BCUT2D eigenvalue weighted by atomic mass is 79.9. The summed E-state index contributed by atoms with van der Waals surface area (Å²) in [6.45, 7) is 0. The first kappa shape index (κ1) is 20.4. The van der Waals surface area contributed by atoms with E-state index in [9.17, 15) is 0 Å². The number of halogens is 1. The fraction of sp³-hybridized carbons (Fsp3) is 0.312. The van der Waals surface area contributed by atoms with Gasteiger partial charge in [0.05, 0.1) is 11.4 Å². The average Bonchev–Trinajstić information content (AvgIpc) is 3.38. The van der Waals surface area contributed by atoms with E-state index in [1.54, 1.807) is 5.56 Å². The monoisotopic (exact) mass is 518 g/mol. The molecule has 1 spiro atoms. The summed E-state index contributed by atoms with van der Waals surface area (Å²) in [5, 5.41) is 0. The van der Waals surface area contributed by atoms with Crippen molar-refractivity contribution in [3.05, 3.63) is 95.0 Å². The molecule has 4 saturated carbocycles. The molecule has 0 aliphatic heterocycles. The normalized spacial score (nSPS) is 31.5. The van der Waals surface area contributed by atoms with Crippen LogP contribution >= 0.6 is 15.9 Å². The van der Waals surface area contributed by atoms with E-state index >= 15 is 0 Å². The van der Waals surface area contributed by atoms with Crippen molar-refractivity contribution >= 4 is 15.9 Å². The van der Waals surface area contributed by atoms with Crippen LogP contribution in [0.15, 0.2) is 89.4 Å². The lowest BCUT2D eigenvalue weighted by molar-refractivity contribution is -0.175. The largest absolute Gasteiger partial charge is 0.228 e. The summed E-state index contributed by atoms with van der Waals surface area (Å²) < 4.78 is 1.04. The van der Waals surface area contributed by atoms with Crippen LogP contribution in [0.3, 0.4) is 0 Å². The number of hydrogen-bond donors (Lipinski definition) is 0. The quantitative estimate of drug-likeness (QED) is 0.271. The Morgan fingerprint density at radius 1 is 0.686 bits per heavy atom. The Kier molecular flexibility index (Phi) is 4.16. The molecule has 8 rings (SSSR count). The molecule has 4 fully saturated rings. The summed E-state index contributed by atoms with van der Waals surface area (Å²) in [5.41, 5.74) is 7.97. The van der Waals surface area contributed by atoms with Gasteiger partial charge in [0.25, 0.3) is 0 Å². The van der Waals surface area contributed by atoms with E-state index in [1.807, 2.05) is 24.3 Å². The molecule has 0 saturated heterocycles. The first-order valence-corrected chi connectivity index (χ1v) is 13.7. The van der Waals surface area contributed by atoms with Crippen LogP contribution in [-0.4, -0.2) is 9.97 Å². The van der Waals surface area contributed by atoms with Gasteiger partial charge in [-0.2, -0.15) is 0 Å². The predicted octanol–water partition coefficient (Wildman–Crippen LogP) is 8.32. The molecule has 2 atom stereocenters. The van der Waals surface area contributed by atoms with Crippen LogP contribution in [0.4, 0.5) is 0 Å². The zero-order valence-electron chi connectivity index (χ0n) is 19.6. The second kappa shape index (κ2) is 7.13. The standard InChI is InChI=1S/C32H27BrN2/c33-27-9-5-4-8-26(27)29-16-28(34-30(35-29)21-6-2-1-3-7-21)20-10-12-22(13-11-20)31-17-24-14-23-15-25(18-31)32(23,24)19-31/h1-13,16,23-25H,14-15,17-19H2. The van der Waals surface area contributed by atoms with Crippen molar-refractivity contribution in [1.82, 2.24) is 9.97 Å². The van der Waals surface area contributed by atoms with Gasteiger partial charge in [-0.05, 0) is 78.4 Å². The molecule has 1 aromatic heterocycles. The third-order valence-electron chi connectivity index (χ3n) is 10.0. The van der Waals surface area contributed by atoms with E-state index < -0.39 is 0 Å². The van der Waals surface area contributed by atoms with Crippen molar-refractivity contribution in [2.45, 2.75) is 37.5 Å². The molecule has 4 aliphatic carbocycles. The minimum absolute atomic E-state index is 0.444. The topological polar surface area (TPSA) is 25.8 Å². The highest BCUT2D eigenvalue weighted by Gasteiger charge is 2.77. The van der Waals surface area contributed by atoms with Crippen molar-refractivity contribution in [1.29, 1.82) is 0 Å². The van der Waals surface area contributed by atoms with Gasteiger partial charge in [0.15, 0.2) is 5.82 Å². The third-order valence-corrected chi connectivity index (χ3v) is 10.7. The van der Waals surface area contributed by atoms with Gasteiger partial charge >= 0.3 is 0 Å². The van der Waals surface area contributed by atoms with Crippen LogP contribution in [0.25, 0.3) is 33.9 Å². The summed E-state index contributed by atoms with van der Waals surface area (Å²) in [5.74, 6) is 3.86. The third kappa shape index (κ3) is 2.76. The molecule has 0 radical (unpaired) electrons. The van der Waals surface area contributed by atoms with E-state index in [2.05, 4.69) is 76.6 Å². The summed E-state index contributed by atoms with van der Waals surface area (Å²) >= 11 is 3.72. The smallest absolute Gasteiger partial charge is 0.160 e. The van der Waals surface area contributed by atoms with Crippen molar-refractivity contribution in [3.63, 3.8) is 0 Å². The molecular weight excluding hydrogens is 492 g/mol. The zero-order valence-corrected chi connectivity index (χ0v) is 21.2. The van der Waals surface area contributed by atoms with E-state index in [0.717, 1.165) is 61.5 Å². The van der Waals surface area contributed by atoms with Gasteiger partial charge in [-0.15, -0.1) is 0 Å². The van der Waals surface area contributed by atoms with Crippen molar-refractivity contribution in [3.8, 4) is 33.9 Å². The number of fused-ring (bicyclic) bond motifs is 1. The Morgan fingerprint density at radius 3 is 2.06 bits per heavy atom. The first-order chi connectivity index (χ1) is 17.1. The van der Waals surface area contributed by atoms with E-state index in [1.165, 1.54) is 32.1 Å². The van der Waals surface area contributed by atoms with E-state index in [4.69, 9.17) is 9.97 Å². The molecule has 2 bridgehead atoms. The van der Waals surface area contributed by atoms with Crippen LogP contribution < -0.4 is 0 Å². The predicted molar refractivity (Wildman–Crippen MR) is 144 cm³/mol. The number of nitrogens with zero attached hydrogens (tertiary/aromatic N) is 2. The first-order valence-electron chi connectivity index (χ1n) is 12.9. The Morgan fingerprint density at radius 2 is 1.37 bits per heavy atom. The lowest BCUT2D eigenvalue weighted by Gasteiger charge is -2.66. The van der Waals surface area contributed by atoms with E-state index in [-0.39, 0.29) is 0 Å². The van der Waals surface area contributed by atoms with Crippen molar-refractivity contribution in [2.75, 3.05) is 0 Å². The molecule has 172 valence electrons. The van der Waals surface area contributed by atoms with Gasteiger partial charge in [0.2, 0.25) is 0 Å². The maximum absolute atomic E-state index is 5.03. The molecule has 2 unspecified atom stereocenters. The lowest BCUT2D eigenvalue weighted by Crippen LogP contribution is -2.59. The van der Waals surface area contributed by atoms with Gasteiger partial charge in [-0.25, -0.2) is 9.97 Å². The zero-order chi connectivity index (χ0) is 23.2. The molecule has 35 heavy (non-hydrogen) atoms. The highest BCUT2D eigenvalue weighted by molar-refractivity contribution is 9.10. The second-order valence-corrected chi connectivity index (χ2v) is 12.3. The summed E-state index contributed by atoms with van der Waals surface area (Å²) in [7, 11) is 0. The summed E-state index contributed by atoms with van der Waals surface area (Å²) in [6, 6.07) is 30.2. The number of hydrogen-bond acceptors (Lipinski definition) is 2. The Bertz CT molecular complexity index is 1440. The Hall–Kier alpha value is -2.78. The highest BCUT2D eigenvalue weighted by Crippen LogP contribution is 2.84. The van der Waals surface area contributed by atoms with Gasteiger partial charge in [-0.3, -0.25) is 0 Å². The second-order valence-electron chi connectivity index (χ2n) is 11.4. The molecule has 0 amide bonds. The summed E-state index contributed by atoms with van der Waals surface area (Å²) in [6.07, 6.45) is 7.33. The van der Waals surface area contributed by atoms with Crippen molar-refractivity contribution in [2.24, 2.45) is 23.2 Å². The number of rotatable bonds is 4. The van der Waals surface area contributed by atoms with Gasteiger partial charge in [0.1, 0.15) is 0 Å².